The van der Waals surface area contributed by atoms with Crippen molar-refractivity contribution in [3.63, 3.8) is 0 Å². The first-order valence-corrected chi connectivity index (χ1v) is 20.6. The predicted octanol–water partition coefficient (Wildman–Crippen LogP) is 16.2. The summed E-state index contributed by atoms with van der Waals surface area (Å²) in [7, 11) is 0. The highest BCUT2D eigenvalue weighted by Gasteiger charge is 2.20. The van der Waals surface area contributed by atoms with E-state index in [0.29, 0.717) is 0 Å². The molecule has 2 heterocycles. The van der Waals surface area contributed by atoms with Gasteiger partial charge in [-0.15, -0.1) is 22.7 Å². The fraction of sp³-hybridized carbons (Fsp3) is 0. The summed E-state index contributed by atoms with van der Waals surface area (Å²) >= 11 is 3.71. The first-order valence-electron chi connectivity index (χ1n) is 18.9. The average Bonchev–Trinajstić information content (AvgIpc) is 3.83. The maximum Gasteiger partial charge on any atom is 0.0540 e. The van der Waals surface area contributed by atoms with Gasteiger partial charge in [-0.25, -0.2) is 0 Å². The van der Waals surface area contributed by atoms with Crippen LogP contribution in [0.3, 0.4) is 0 Å². The van der Waals surface area contributed by atoms with Crippen LogP contribution in [0.15, 0.2) is 206 Å². The second kappa shape index (κ2) is 13.5. The van der Waals surface area contributed by atoms with Crippen LogP contribution in [0.1, 0.15) is 0 Å². The van der Waals surface area contributed by atoms with E-state index in [2.05, 4.69) is 216 Å². The van der Waals surface area contributed by atoms with E-state index < -0.39 is 0 Å². The summed E-state index contributed by atoms with van der Waals surface area (Å²) < 4.78 is 5.24. The Morgan fingerprint density at radius 2 is 0.696 bits per heavy atom. The van der Waals surface area contributed by atoms with Gasteiger partial charge in [-0.1, -0.05) is 115 Å². The maximum atomic E-state index is 2.41. The van der Waals surface area contributed by atoms with Crippen LogP contribution < -0.4 is 9.80 Å². The summed E-state index contributed by atoms with van der Waals surface area (Å²) in [6.07, 6.45) is 0. The molecule has 11 rings (SSSR count). The molecule has 0 saturated heterocycles. The van der Waals surface area contributed by atoms with Gasteiger partial charge in [-0.2, -0.15) is 0 Å². The molecule has 0 bridgehead atoms. The number of hydrogen-bond acceptors (Lipinski definition) is 4. The van der Waals surface area contributed by atoms with Gasteiger partial charge in [0.05, 0.1) is 5.69 Å². The van der Waals surface area contributed by atoms with E-state index in [-0.39, 0.29) is 0 Å². The summed E-state index contributed by atoms with van der Waals surface area (Å²) in [5.41, 5.74) is 9.20. The van der Waals surface area contributed by atoms with Crippen molar-refractivity contribution < 1.29 is 0 Å². The van der Waals surface area contributed by atoms with Crippen molar-refractivity contribution in [3.05, 3.63) is 206 Å². The van der Waals surface area contributed by atoms with Crippen LogP contribution in [-0.2, 0) is 0 Å². The Morgan fingerprint density at radius 1 is 0.268 bits per heavy atom. The van der Waals surface area contributed by atoms with Crippen molar-refractivity contribution in [2.45, 2.75) is 0 Å². The van der Waals surface area contributed by atoms with Crippen molar-refractivity contribution in [2.75, 3.05) is 9.80 Å². The molecule has 0 saturated carbocycles. The molecule has 11 aromatic rings. The average molecular weight is 751 g/mol. The Bertz CT molecular complexity index is 3200. The molecule has 0 aliphatic heterocycles. The SMILES string of the molecule is c1ccc(N(c2ccc(-c3ccc(N(c4ccccc4)c4ccc5sc6ccccc6c5c4)c4ccccc34)cc2)c2ccc3sc4ccccc4c3c2)cc1. The second-order valence-corrected chi connectivity index (χ2v) is 16.3. The van der Waals surface area contributed by atoms with Crippen LogP contribution in [0.5, 0.6) is 0 Å². The summed E-state index contributed by atoms with van der Waals surface area (Å²) in [5, 5.41) is 7.61. The number of benzene rings is 9. The minimum atomic E-state index is 1.12. The van der Waals surface area contributed by atoms with Crippen LogP contribution in [0, 0.1) is 0 Å². The number of nitrogens with zero attached hydrogens (tertiary/aromatic N) is 2. The van der Waals surface area contributed by atoms with Crippen molar-refractivity contribution in [2.24, 2.45) is 0 Å². The van der Waals surface area contributed by atoms with Gasteiger partial charge in [0, 0.05) is 74.2 Å². The lowest BCUT2D eigenvalue weighted by atomic mass is 9.96. The topological polar surface area (TPSA) is 6.48 Å². The van der Waals surface area contributed by atoms with Gasteiger partial charge >= 0.3 is 0 Å². The van der Waals surface area contributed by atoms with Gasteiger partial charge in [-0.05, 0) is 108 Å². The van der Waals surface area contributed by atoms with Gasteiger partial charge in [0.25, 0.3) is 0 Å². The van der Waals surface area contributed by atoms with Crippen LogP contribution in [0.4, 0.5) is 34.1 Å². The summed E-state index contributed by atoms with van der Waals surface area (Å²) in [6.45, 7) is 0. The number of rotatable bonds is 7. The van der Waals surface area contributed by atoms with Crippen molar-refractivity contribution in [1.82, 2.24) is 0 Å². The minimum Gasteiger partial charge on any atom is -0.310 e. The highest BCUT2D eigenvalue weighted by Crippen LogP contribution is 2.45. The quantitative estimate of drug-likeness (QED) is 0.160. The highest BCUT2D eigenvalue weighted by atomic mass is 32.1. The molecule has 0 N–H and O–H groups in total. The lowest BCUT2D eigenvalue weighted by molar-refractivity contribution is 1.29. The maximum absolute atomic E-state index is 2.41. The molecule has 0 atom stereocenters. The molecule has 4 heteroatoms. The zero-order valence-corrected chi connectivity index (χ0v) is 32.0. The van der Waals surface area contributed by atoms with Crippen molar-refractivity contribution in [1.29, 1.82) is 0 Å². The fourth-order valence-electron chi connectivity index (χ4n) is 8.25. The van der Waals surface area contributed by atoms with E-state index in [1.807, 2.05) is 22.7 Å². The molecule has 0 fully saturated rings. The van der Waals surface area contributed by atoms with E-state index in [1.165, 1.54) is 62.2 Å². The van der Waals surface area contributed by atoms with E-state index in [4.69, 9.17) is 0 Å². The lowest BCUT2D eigenvalue weighted by Gasteiger charge is -2.28. The largest absolute Gasteiger partial charge is 0.310 e. The Labute approximate surface area is 333 Å². The molecule has 0 aliphatic rings. The molecule has 264 valence electrons. The van der Waals surface area contributed by atoms with Crippen LogP contribution in [-0.4, -0.2) is 0 Å². The Morgan fingerprint density at radius 3 is 1.29 bits per heavy atom. The summed E-state index contributed by atoms with van der Waals surface area (Å²) in [4.78, 5) is 4.77. The molecule has 9 aromatic carbocycles. The zero-order valence-electron chi connectivity index (χ0n) is 30.3. The Hall–Kier alpha value is -6.72. The van der Waals surface area contributed by atoms with Crippen molar-refractivity contribution in [3.8, 4) is 11.1 Å². The smallest absolute Gasteiger partial charge is 0.0540 e. The van der Waals surface area contributed by atoms with Gasteiger partial charge in [-0.3, -0.25) is 0 Å². The molecule has 0 amide bonds. The lowest BCUT2D eigenvalue weighted by Crippen LogP contribution is -2.10. The molecule has 2 aromatic heterocycles. The third-order valence-electron chi connectivity index (χ3n) is 10.8. The first-order chi connectivity index (χ1) is 27.8. The summed E-state index contributed by atoms with van der Waals surface area (Å²) in [5.74, 6) is 0. The first kappa shape index (κ1) is 32.7. The number of anilines is 6. The Balaban J connectivity index is 1.02. The zero-order chi connectivity index (χ0) is 37.0. The molecular weight excluding hydrogens is 717 g/mol. The molecule has 2 nitrogen and oxygen atoms in total. The standard InChI is InChI=1S/C52H34N2S2/c1-3-13-36(14-4-1)53(39-27-31-51-46(33-39)44-19-9-11-21-49(44)55-51)38-25-23-35(24-26-38)41-29-30-48(43-18-8-7-17-42(41)43)54(37-15-5-2-6-16-37)40-28-32-52-47(34-40)45-20-10-12-22-50(45)56-52/h1-34H. The number of thiophene rings is 2. The third kappa shape index (κ3) is 5.53. The number of fused-ring (bicyclic) bond motifs is 7. The van der Waals surface area contributed by atoms with E-state index in [1.54, 1.807) is 0 Å². The van der Waals surface area contributed by atoms with Gasteiger partial charge in [0.1, 0.15) is 0 Å². The molecule has 56 heavy (non-hydrogen) atoms. The van der Waals surface area contributed by atoms with Crippen LogP contribution >= 0.6 is 22.7 Å². The molecule has 0 radical (unpaired) electrons. The molecular formula is C52H34N2S2. The molecule has 0 aliphatic carbocycles. The fourth-order valence-corrected chi connectivity index (χ4v) is 10.4. The predicted molar refractivity (Wildman–Crippen MR) is 245 cm³/mol. The highest BCUT2D eigenvalue weighted by molar-refractivity contribution is 7.26. The van der Waals surface area contributed by atoms with Crippen molar-refractivity contribution >= 4 is 108 Å². The van der Waals surface area contributed by atoms with Gasteiger partial charge in [0.2, 0.25) is 0 Å². The third-order valence-corrected chi connectivity index (χ3v) is 13.1. The molecule has 0 unspecified atom stereocenters. The van der Waals surface area contributed by atoms with Crippen LogP contribution in [0.2, 0.25) is 0 Å². The van der Waals surface area contributed by atoms with Gasteiger partial charge < -0.3 is 9.80 Å². The van der Waals surface area contributed by atoms with E-state index in [9.17, 15) is 0 Å². The molecule has 0 spiro atoms. The number of para-hydroxylation sites is 2. The minimum absolute atomic E-state index is 1.12. The van der Waals surface area contributed by atoms with Crippen LogP contribution in [0.25, 0.3) is 62.2 Å². The second-order valence-electron chi connectivity index (χ2n) is 14.1. The monoisotopic (exact) mass is 750 g/mol. The van der Waals surface area contributed by atoms with E-state index >= 15 is 0 Å². The summed E-state index contributed by atoms with van der Waals surface area (Å²) in [6, 6.07) is 75.1. The Kier molecular flexibility index (Phi) is 7.90. The normalized spacial score (nSPS) is 11.6. The number of hydrogen-bond donors (Lipinski definition) is 0. The van der Waals surface area contributed by atoms with E-state index in [0.717, 1.165) is 34.1 Å². The van der Waals surface area contributed by atoms with Gasteiger partial charge in [0.15, 0.2) is 0 Å².